The van der Waals surface area contributed by atoms with Gasteiger partial charge in [-0.2, -0.15) is 11.8 Å². The Morgan fingerprint density at radius 2 is 2.11 bits per heavy atom. The summed E-state index contributed by atoms with van der Waals surface area (Å²) in [6.45, 7) is 1.87. The molecule has 0 aromatic heterocycles. The molecule has 1 saturated carbocycles. The van der Waals surface area contributed by atoms with Gasteiger partial charge in [-0.05, 0) is 49.1 Å². The van der Waals surface area contributed by atoms with Gasteiger partial charge in [0.1, 0.15) is 0 Å². The maximum atomic E-state index is 10.9. The molecule has 1 aliphatic carbocycles. The second-order valence-corrected chi connectivity index (χ2v) is 6.39. The van der Waals surface area contributed by atoms with E-state index in [1.807, 2.05) is 19.1 Å². The second kappa shape index (κ2) is 6.28. The molecule has 0 aliphatic heterocycles. The number of rotatable bonds is 5. The van der Waals surface area contributed by atoms with Gasteiger partial charge in [0.05, 0.1) is 5.56 Å². The quantitative estimate of drug-likeness (QED) is 0.876. The lowest BCUT2D eigenvalue weighted by molar-refractivity contribution is 0.0696. The van der Waals surface area contributed by atoms with Gasteiger partial charge in [0.25, 0.3) is 0 Å². The molecule has 0 spiro atoms. The van der Waals surface area contributed by atoms with Crippen LogP contribution in [0, 0.1) is 6.92 Å². The molecule has 3 heteroatoms. The van der Waals surface area contributed by atoms with Crippen LogP contribution in [-0.2, 0) is 6.42 Å². The standard InChI is InChI=1S/C15H20O2S/c1-11-10-12(6-7-14(11)15(16)17)8-9-18-13-4-2-3-5-13/h6-7,10,13H,2-5,8-9H2,1H3,(H,16,17). The van der Waals surface area contributed by atoms with Crippen molar-refractivity contribution < 1.29 is 9.90 Å². The summed E-state index contributed by atoms with van der Waals surface area (Å²) in [7, 11) is 0. The normalized spacial score (nSPS) is 16.1. The van der Waals surface area contributed by atoms with Gasteiger partial charge in [-0.25, -0.2) is 4.79 Å². The van der Waals surface area contributed by atoms with Crippen LogP contribution in [-0.4, -0.2) is 22.1 Å². The first-order valence-corrected chi connectivity index (χ1v) is 7.66. The van der Waals surface area contributed by atoms with E-state index in [0.717, 1.165) is 23.0 Å². The third-order valence-corrected chi connectivity index (χ3v) is 4.95. The minimum absolute atomic E-state index is 0.419. The molecule has 0 atom stereocenters. The van der Waals surface area contributed by atoms with Gasteiger partial charge < -0.3 is 5.11 Å². The predicted octanol–water partition coefficient (Wildman–Crippen LogP) is 3.91. The first-order valence-electron chi connectivity index (χ1n) is 6.61. The van der Waals surface area contributed by atoms with Crippen molar-refractivity contribution >= 4 is 17.7 Å². The highest BCUT2D eigenvalue weighted by Gasteiger charge is 2.14. The lowest BCUT2D eigenvalue weighted by Crippen LogP contribution is -2.02. The fourth-order valence-corrected chi connectivity index (χ4v) is 3.87. The van der Waals surface area contributed by atoms with E-state index in [0.29, 0.717) is 5.56 Å². The van der Waals surface area contributed by atoms with Crippen molar-refractivity contribution in [2.75, 3.05) is 5.75 Å². The van der Waals surface area contributed by atoms with Crippen LogP contribution in [0.5, 0.6) is 0 Å². The van der Waals surface area contributed by atoms with E-state index in [1.54, 1.807) is 6.07 Å². The Kier molecular flexibility index (Phi) is 4.70. The number of carboxylic acid groups (broad SMARTS) is 1. The smallest absolute Gasteiger partial charge is 0.335 e. The van der Waals surface area contributed by atoms with E-state index in [9.17, 15) is 4.79 Å². The number of benzene rings is 1. The molecule has 1 aromatic carbocycles. The third-order valence-electron chi connectivity index (χ3n) is 3.57. The topological polar surface area (TPSA) is 37.3 Å². The SMILES string of the molecule is Cc1cc(CCSC2CCCC2)ccc1C(=O)O. The highest BCUT2D eigenvalue weighted by atomic mass is 32.2. The van der Waals surface area contributed by atoms with E-state index < -0.39 is 5.97 Å². The van der Waals surface area contributed by atoms with Crippen molar-refractivity contribution in [2.24, 2.45) is 0 Å². The molecule has 1 aliphatic rings. The zero-order valence-electron chi connectivity index (χ0n) is 10.8. The molecular formula is C15H20O2S. The lowest BCUT2D eigenvalue weighted by Gasteiger charge is -2.09. The van der Waals surface area contributed by atoms with Crippen LogP contribution < -0.4 is 0 Å². The molecular weight excluding hydrogens is 244 g/mol. The largest absolute Gasteiger partial charge is 0.478 e. The number of thioether (sulfide) groups is 1. The molecule has 98 valence electrons. The molecule has 2 rings (SSSR count). The Balaban J connectivity index is 1.85. The molecule has 0 heterocycles. The second-order valence-electron chi connectivity index (χ2n) is 4.98. The lowest BCUT2D eigenvalue weighted by atomic mass is 10.0. The van der Waals surface area contributed by atoms with Crippen molar-refractivity contribution in [2.45, 2.75) is 44.3 Å². The Hall–Kier alpha value is -0.960. The van der Waals surface area contributed by atoms with E-state index in [1.165, 1.54) is 31.2 Å². The summed E-state index contributed by atoms with van der Waals surface area (Å²) in [5, 5.41) is 9.84. The van der Waals surface area contributed by atoms with Gasteiger partial charge in [0, 0.05) is 5.25 Å². The van der Waals surface area contributed by atoms with Crippen molar-refractivity contribution in [1.29, 1.82) is 0 Å². The molecule has 1 N–H and O–H groups in total. The molecule has 1 fully saturated rings. The van der Waals surface area contributed by atoms with Crippen LogP contribution >= 0.6 is 11.8 Å². The number of carboxylic acids is 1. The zero-order chi connectivity index (χ0) is 13.0. The molecule has 2 nitrogen and oxygen atoms in total. The molecule has 0 radical (unpaired) electrons. The fourth-order valence-electron chi connectivity index (χ4n) is 2.52. The van der Waals surface area contributed by atoms with Crippen molar-refractivity contribution in [1.82, 2.24) is 0 Å². The number of hydrogen-bond donors (Lipinski definition) is 1. The highest BCUT2D eigenvalue weighted by molar-refractivity contribution is 7.99. The first kappa shape index (κ1) is 13.5. The molecule has 0 amide bonds. The summed E-state index contributed by atoms with van der Waals surface area (Å²) >= 11 is 2.08. The summed E-state index contributed by atoms with van der Waals surface area (Å²) < 4.78 is 0. The zero-order valence-corrected chi connectivity index (χ0v) is 11.6. The number of aromatic carboxylic acids is 1. The summed E-state index contributed by atoms with van der Waals surface area (Å²) in [6, 6.07) is 5.69. The van der Waals surface area contributed by atoms with Gasteiger partial charge in [0.2, 0.25) is 0 Å². The van der Waals surface area contributed by atoms with Crippen LogP contribution in [0.1, 0.15) is 47.2 Å². The van der Waals surface area contributed by atoms with Crippen molar-refractivity contribution in [3.8, 4) is 0 Å². The van der Waals surface area contributed by atoms with Crippen LogP contribution in [0.3, 0.4) is 0 Å². The number of carbonyl (C=O) groups is 1. The summed E-state index contributed by atoms with van der Waals surface area (Å²) in [6.07, 6.45) is 6.58. The maximum Gasteiger partial charge on any atom is 0.335 e. The molecule has 1 aromatic rings. The third kappa shape index (κ3) is 3.52. The molecule has 0 saturated heterocycles. The Bertz CT molecular complexity index is 423. The average Bonchev–Trinajstić information content (AvgIpc) is 2.81. The van der Waals surface area contributed by atoms with Gasteiger partial charge in [0.15, 0.2) is 0 Å². The maximum absolute atomic E-state index is 10.9. The predicted molar refractivity (Wildman–Crippen MR) is 76.6 cm³/mol. The van der Waals surface area contributed by atoms with E-state index >= 15 is 0 Å². The van der Waals surface area contributed by atoms with E-state index in [-0.39, 0.29) is 0 Å². The van der Waals surface area contributed by atoms with E-state index in [4.69, 9.17) is 5.11 Å². The molecule has 18 heavy (non-hydrogen) atoms. The number of hydrogen-bond acceptors (Lipinski definition) is 2. The van der Waals surface area contributed by atoms with Crippen LogP contribution in [0.25, 0.3) is 0 Å². The van der Waals surface area contributed by atoms with Gasteiger partial charge in [-0.15, -0.1) is 0 Å². The summed E-state index contributed by atoms with van der Waals surface area (Å²) in [4.78, 5) is 10.9. The van der Waals surface area contributed by atoms with Crippen molar-refractivity contribution in [3.05, 3.63) is 34.9 Å². The Morgan fingerprint density at radius 3 is 2.72 bits per heavy atom. The van der Waals surface area contributed by atoms with E-state index in [2.05, 4.69) is 11.8 Å². The summed E-state index contributed by atoms with van der Waals surface area (Å²) in [5.74, 6) is 0.315. The molecule has 0 bridgehead atoms. The Labute approximate surface area is 113 Å². The van der Waals surface area contributed by atoms with Crippen molar-refractivity contribution in [3.63, 3.8) is 0 Å². The Morgan fingerprint density at radius 1 is 1.39 bits per heavy atom. The van der Waals surface area contributed by atoms with Crippen LogP contribution in [0.4, 0.5) is 0 Å². The van der Waals surface area contributed by atoms with Gasteiger partial charge >= 0.3 is 5.97 Å². The average molecular weight is 264 g/mol. The highest BCUT2D eigenvalue weighted by Crippen LogP contribution is 2.29. The minimum Gasteiger partial charge on any atom is -0.478 e. The summed E-state index contributed by atoms with van der Waals surface area (Å²) in [5.41, 5.74) is 2.54. The minimum atomic E-state index is -0.834. The monoisotopic (exact) mass is 264 g/mol. The van der Waals surface area contributed by atoms with Gasteiger partial charge in [-0.1, -0.05) is 25.0 Å². The van der Waals surface area contributed by atoms with Gasteiger partial charge in [-0.3, -0.25) is 0 Å². The van der Waals surface area contributed by atoms with Crippen LogP contribution in [0.2, 0.25) is 0 Å². The fraction of sp³-hybridized carbons (Fsp3) is 0.533. The number of aryl methyl sites for hydroxylation is 2. The first-order chi connectivity index (χ1) is 8.66. The molecule has 0 unspecified atom stereocenters. The van der Waals surface area contributed by atoms with Crippen LogP contribution in [0.15, 0.2) is 18.2 Å².